The molecule has 3 aromatic heterocycles. The van der Waals surface area contributed by atoms with E-state index in [0.29, 0.717) is 27.1 Å². The molecule has 5 rings (SSSR count). The molecule has 0 bridgehead atoms. The fourth-order valence-corrected chi connectivity index (χ4v) is 5.86. The zero-order valence-corrected chi connectivity index (χ0v) is 38.5. The molecule has 0 saturated carbocycles. The average molecular weight is 758 g/mol. The Bertz CT molecular complexity index is 1490. The number of hydrogen-bond donors (Lipinski definition) is 0. The highest BCUT2D eigenvalue weighted by molar-refractivity contribution is 5.26. The molecule has 3 nitrogen and oxygen atoms in total. The maximum atomic E-state index is 4.26. The number of hydrogen-bond acceptors (Lipinski definition) is 3. The van der Waals surface area contributed by atoms with E-state index in [1.807, 2.05) is 49.2 Å². The normalized spacial score (nSPS) is 11.6. The van der Waals surface area contributed by atoms with Gasteiger partial charge in [-0.1, -0.05) is 171 Å². The van der Waals surface area contributed by atoms with E-state index in [1.165, 1.54) is 39.9 Å². The molecule has 0 N–H and O–H groups in total. The minimum absolute atomic E-state index is 0.342. The fourth-order valence-electron chi connectivity index (χ4n) is 5.86. The summed E-state index contributed by atoms with van der Waals surface area (Å²) < 4.78 is 0. The van der Waals surface area contributed by atoms with Crippen molar-refractivity contribution in [2.75, 3.05) is 0 Å². The first-order chi connectivity index (χ1) is 25.8. The van der Waals surface area contributed by atoms with E-state index in [-0.39, 0.29) is 0 Å². The van der Waals surface area contributed by atoms with Crippen LogP contribution in [0.25, 0.3) is 0 Å². The van der Waals surface area contributed by atoms with Crippen molar-refractivity contribution < 1.29 is 0 Å². The van der Waals surface area contributed by atoms with Crippen LogP contribution in [0.1, 0.15) is 137 Å². The van der Waals surface area contributed by atoms with Crippen LogP contribution < -0.4 is 0 Å². The topological polar surface area (TPSA) is 38.7 Å². The predicted octanol–water partition coefficient (Wildman–Crippen LogP) is 14.9. The highest BCUT2D eigenvalue weighted by Gasteiger charge is 2.14. The van der Waals surface area contributed by atoms with Crippen molar-refractivity contribution in [3.8, 4) is 0 Å². The monoisotopic (exact) mass is 758 g/mol. The molecule has 2 aromatic carbocycles. The van der Waals surface area contributed by atoms with Gasteiger partial charge in [-0.05, 0) is 124 Å². The summed E-state index contributed by atoms with van der Waals surface area (Å²) in [4.78, 5) is 12.3. The number of rotatable bonds is 5. The quantitative estimate of drug-likeness (QED) is 0.179. The van der Waals surface area contributed by atoms with Crippen molar-refractivity contribution >= 4 is 0 Å². The molecule has 5 aromatic rings. The van der Waals surface area contributed by atoms with Crippen LogP contribution in [-0.2, 0) is 32.1 Å². The van der Waals surface area contributed by atoms with Crippen molar-refractivity contribution in [2.45, 2.75) is 143 Å². The Morgan fingerprint density at radius 3 is 1.25 bits per heavy atom. The van der Waals surface area contributed by atoms with Crippen molar-refractivity contribution in [3.05, 3.63) is 162 Å². The van der Waals surface area contributed by atoms with Gasteiger partial charge in [-0.3, -0.25) is 15.0 Å². The van der Waals surface area contributed by atoms with Gasteiger partial charge in [0.25, 0.3) is 0 Å². The van der Waals surface area contributed by atoms with Gasteiger partial charge in [0.15, 0.2) is 0 Å². The van der Waals surface area contributed by atoms with Gasteiger partial charge >= 0.3 is 0 Å². The summed E-state index contributed by atoms with van der Waals surface area (Å²) in [6.07, 6.45) is 14.9. The Morgan fingerprint density at radius 2 is 0.804 bits per heavy atom. The Morgan fingerprint density at radius 1 is 0.357 bits per heavy atom. The third-order valence-electron chi connectivity index (χ3n) is 7.94. The first kappa shape index (κ1) is 49.9. The zero-order chi connectivity index (χ0) is 42.5. The minimum Gasteiger partial charge on any atom is -0.265 e. The molecule has 0 unspecified atom stereocenters. The van der Waals surface area contributed by atoms with E-state index in [4.69, 9.17) is 0 Å². The predicted molar refractivity (Wildman–Crippen MR) is 246 cm³/mol. The Labute approximate surface area is 345 Å². The second kappa shape index (κ2) is 23.8. The van der Waals surface area contributed by atoms with E-state index < -0.39 is 0 Å². The highest BCUT2D eigenvalue weighted by atomic mass is 14.7. The molecule has 0 saturated heterocycles. The first-order valence-electron chi connectivity index (χ1n) is 20.6. The zero-order valence-electron chi connectivity index (χ0n) is 38.5. The van der Waals surface area contributed by atoms with E-state index in [0.717, 1.165) is 25.7 Å². The van der Waals surface area contributed by atoms with Crippen LogP contribution in [0.4, 0.5) is 0 Å². The average Bonchev–Trinajstić information content (AvgIpc) is 3.05. The molecular formula is C53H79N3. The summed E-state index contributed by atoms with van der Waals surface area (Å²) in [5, 5.41) is 0. The van der Waals surface area contributed by atoms with Gasteiger partial charge in [-0.15, -0.1) is 0 Å². The second-order valence-corrected chi connectivity index (χ2v) is 21.1. The maximum absolute atomic E-state index is 4.26. The maximum Gasteiger partial charge on any atom is 0.0408 e. The lowest BCUT2D eigenvalue weighted by atomic mass is 9.86. The molecular weight excluding hydrogens is 679 g/mol. The molecule has 3 heterocycles. The summed E-state index contributed by atoms with van der Waals surface area (Å²) in [5.74, 6) is 0. The van der Waals surface area contributed by atoms with Crippen LogP contribution in [0.3, 0.4) is 0 Å². The summed E-state index contributed by atoms with van der Waals surface area (Å²) in [7, 11) is 0. The van der Waals surface area contributed by atoms with Crippen LogP contribution >= 0.6 is 0 Å². The van der Waals surface area contributed by atoms with Gasteiger partial charge in [-0.25, -0.2) is 0 Å². The second-order valence-electron chi connectivity index (χ2n) is 21.1. The summed E-state index contributed by atoms with van der Waals surface area (Å²) >= 11 is 0. The SMILES string of the molecule is CC(C)(C)Cc1ccccc1.CC(C)(C)Cc1ccccn1.CC(C)(C)Cc1cccnc1.CC(C)(C)Cc1ccncc1.Cc1ccccc1CC(C)(C)C. The first-order valence-corrected chi connectivity index (χ1v) is 20.6. The number of aryl methyl sites for hydroxylation is 1. The molecule has 0 aliphatic carbocycles. The van der Waals surface area contributed by atoms with Crippen molar-refractivity contribution in [1.29, 1.82) is 0 Å². The molecule has 56 heavy (non-hydrogen) atoms. The molecule has 0 atom stereocenters. The van der Waals surface area contributed by atoms with Crippen LogP contribution in [0.2, 0.25) is 0 Å². The largest absolute Gasteiger partial charge is 0.265 e. The van der Waals surface area contributed by atoms with Gasteiger partial charge < -0.3 is 0 Å². The van der Waals surface area contributed by atoms with Crippen LogP contribution in [-0.4, -0.2) is 15.0 Å². The lowest BCUT2D eigenvalue weighted by molar-refractivity contribution is 0.406. The Kier molecular flexibility index (Phi) is 21.2. The van der Waals surface area contributed by atoms with Gasteiger partial charge in [-0.2, -0.15) is 0 Å². The Balaban J connectivity index is 0.000000350. The van der Waals surface area contributed by atoms with E-state index in [1.54, 1.807) is 0 Å². The lowest BCUT2D eigenvalue weighted by Crippen LogP contribution is -2.09. The third kappa shape index (κ3) is 29.2. The lowest BCUT2D eigenvalue weighted by Gasteiger charge is -2.19. The van der Waals surface area contributed by atoms with Gasteiger partial charge in [0, 0.05) is 36.7 Å². The van der Waals surface area contributed by atoms with E-state index in [9.17, 15) is 0 Å². The number of benzene rings is 2. The van der Waals surface area contributed by atoms with Crippen molar-refractivity contribution in [3.63, 3.8) is 0 Å². The molecule has 0 aliphatic rings. The van der Waals surface area contributed by atoms with Gasteiger partial charge in [0.1, 0.15) is 0 Å². The highest BCUT2D eigenvalue weighted by Crippen LogP contribution is 2.23. The minimum atomic E-state index is 0.342. The number of aromatic nitrogens is 3. The summed E-state index contributed by atoms with van der Waals surface area (Å²) in [5.41, 5.74) is 10.1. The third-order valence-corrected chi connectivity index (χ3v) is 7.94. The molecule has 0 aliphatic heterocycles. The molecule has 0 amide bonds. The molecule has 0 radical (unpaired) electrons. The molecule has 3 heteroatoms. The fraction of sp³-hybridized carbons (Fsp3) is 0.491. The van der Waals surface area contributed by atoms with Crippen LogP contribution in [0.15, 0.2) is 128 Å². The summed E-state index contributed by atoms with van der Waals surface area (Å²) in [6, 6.07) is 33.6. The molecule has 306 valence electrons. The van der Waals surface area contributed by atoms with Crippen molar-refractivity contribution in [1.82, 2.24) is 15.0 Å². The molecule has 0 fully saturated rings. The van der Waals surface area contributed by atoms with Crippen molar-refractivity contribution in [2.24, 2.45) is 27.1 Å². The Hall–Kier alpha value is -4.11. The van der Waals surface area contributed by atoms with Gasteiger partial charge in [0.2, 0.25) is 0 Å². The summed E-state index contributed by atoms with van der Waals surface area (Å²) in [6.45, 7) is 35.9. The van der Waals surface area contributed by atoms with E-state index in [2.05, 4.69) is 205 Å². The molecule has 0 spiro atoms. The number of nitrogens with zero attached hydrogens (tertiary/aromatic N) is 3. The van der Waals surface area contributed by atoms with Crippen LogP contribution in [0, 0.1) is 34.0 Å². The number of pyridine rings is 3. The van der Waals surface area contributed by atoms with Crippen LogP contribution in [0.5, 0.6) is 0 Å². The smallest absolute Gasteiger partial charge is 0.0408 e. The standard InChI is InChI=1S/C12H18.C11H16.3C10H15N/c1-10-7-5-6-8-11(10)9-12(2,3)4;1-11(2,3)9-10-7-5-4-6-8-10;1-10(2,3)8-9-4-6-11-7-5-9;1-10(2,3)7-9-5-4-6-11-8-9;1-10(2,3)8-9-6-4-5-7-11-9/h5-8H,9H2,1-4H3;4-8H,9H2,1-3H3;4-7H,8H2,1-3H3;4-6,8H,7H2,1-3H3;4-7H,8H2,1-3H3. The van der Waals surface area contributed by atoms with E-state index >= 15 is 0 Å². The van der Waals surface area contributed by atoms with Gasteiger partial charge in [0.05, 0.1) is 0 Å².